The van der Waals surface area contributed by atoms with E-state index in [0.29, 0.717) is 24.9 Å². The zero-order valence-electron chi connectivity index (χ0n) is 28.4. The predicted octanol–water partition coefficient (Wildman–Crippen LogP) is 3.52. The van der Waals surface area contributed by atoms with Gasteiger partial charge in [-0.05, 0) is 71.5 Å². The van der Waals surface area contributed by atoms with Crippen LogP contribution < -0.4 is 16.0 Å². The molecule has 1 aromatic rings. The lowest BCUT2D eigenvalue weighted by Gasteiger charge is -2.32. The number of likely N-dealkylation sites (tertiary alicyclic amines) is 1. The molecule has 0 saturated carbocycles. The monoisotopic (exact) mass is 694 g/mol. The van der Waals surface area contributed by atoms with Gasteiger partial charge in [0, 0.05) is 13.0 Å². The van der Waals surface area contributed by atoms with Gasteiger partial charge in [-0.2, -0.15) is 0 Å². The quantitative estimate of drug-likeness (QED) is 0.252. The van der Waals surface area contributed by atoms with Crippen LogP contribution in [0, 0.1) is 0 Å². The summed E-state index contributed by atoms with van der Waals surface area (Å²) in [5.74, 6) is -0.819. The Labute approximate surface area is 286 Å². The second-order valence-corrected chi connectivity index (χ2v) is 17.0. The van der Waals surface area contributed by atoms with Crippen LogP contribution in [0.5, 0.6) is 0 Å². The zero-order valence-corrected chi connectivity index (χ0v) is 30.1. The molecule has 12 nitrogen and oxygen atoms in total. The number of thioether (sulfide) groups is 2. The summed E-state index contributed by atoms with van der Waals surface area (Å²) in [5, 5.41) is 18.8. The molecule has 2 unspecified atom stereocenters. The second kappa shape index (κ2) is 16.4. The Kier molecular flexibility index (Phi) is 13.4. The smallest absolute Gasteiger partial charge is 0.411 e. The van der Waals surface area contributed by atoms with Gasteiger partial charge in [-0.15, -0.1) is 23.5 Å². The van der Waals surface area contributed by atoms with Crippen LogP contribution in [0.25, 0.3) is 0 Å². The number of aliphatic hydroxyl groups excluding tert-OH is 1. The molecule has 0 radical (unpaired) electrons. The lowest BCUT2D eigenvalue weighted by Crippen LogP contribution is -2.56. The number of amides is 4. The summed E-state index contributed by atoms with van der Waals surface area (Å²) in [4.78, 5) is 67.2. The first-order valence-corrected chi connectivity index (χ1v) is 18.0. The third-order valence-corrected chi connectivity index (χ3v) is 10.7. The van der Waals surface area contributed by atoms with Gasteiger partial charge in [-0.3, -0.25) is 19.3 Å². The lowest BCUT2D eigenvalue weighted by atomic mass is 10.0. The van der Waals surface area contributed by atoms with E-state index >= 15 is 0 Å². The average molecular weight is 695 g/mol. The van der Waals surface area contributed by atoms with Crippen LogP contribution in [0.3, 0.4) is 0 Å². The van der Waals surface area contributed by atoms with E-state index in [1.807, 2.05) is 6.92 Å². The van der Waals surface area contributed by atoms with Crippen LogP contribution in [0.4, 0.5) is 4.79 Å². The summed E-state index contributed by atoms with van der Waals surface area (Å²) in [6.07, 6.45) is 0.0144. The fraction of sp³-hybridized carbons (Fsp3) is 0.667. The summed E-state index contributed by atoms with van der Waals surface area (Å²) in [6, 6.07) is 5.66. The highest BCUT2D eigenvalue weighted by Crippen LogP contribution is 2.50. The number of carbonyl (C=O) groups excluding carboxylic acids is 5. The van der Waals surface area contributed by atoms with Crippen molar-refractivity contribution >= 4 is 53.3 Å². The van der Waals surface area contributed by atoms with Crippen LogP contribution in [0.2, 0.25) is 0 Å². The largest absolute Gasteiger partial charge is 0.458 e. The Bertz CT molecular complexity index is 1260. The van der Waals surface area contributed by atoms with Crippen molar-refractivity contribution in [1.82, 2.24) is 20.9 Å². The Morgan fingerprint density at radius 3 is 2.17 bits per heavy atom. The van der Waals surface area contributed by atoms with Gasteiger partial charge in [0.05, 0.1) is 16.7 Å². The molecule has 47 heavy (non-hydrogen) atoms. The number of carbonyl (C=O) groups is 5. The minimum absolute atomic E-state index is 0.273. The molecule has 2 saturated heterocycles. The van der Waals surface area contributed by atoms with Gasteiger partial charge in [0.2, 0.25) is 11.8 Å². The van der Waals surface area contributed by atoms with Gasteiger partial charge in [0.25, 0.3) is 5.91 Å². The predicted molar refractivity (Wildman–Crippen MR) is 183 cm³/mol. The summed E-state index contributed by atoms with van der Waals surface area (Å²) >= 11 is 3.49. The molecule has 1 aromatic carbocycles. The Morgan fingerprint density at radius 1 is 0.979 bits per heavy atom. The Balaban J connectivity index is 1.66. The summed E-state index contributed by atoms with van der Waals surface area (Å²) < 4.78 is 10.8. The summed E-state index contributed by atoms with van der Waals surface area (Å²) in [6.45, 7) is 12.1. The maximum atomic E-state index is 13.7. The first-order chi connectivity index (χ1) is 21.9. The number of hydrogen-bond donors (Lipinski definition) is 4. The summed E-state index contributed by atoms with van der Waals surface area (Å²) in [7, 11) is 0. The highest BCUT2D eigenvalue weighted by Gasteiger charge is 2.51. The molecule has 14 heteroatoms. The van der Waals surface area contributed by atoms with Crippen molar-refractivity contribution < 1.29 is 38.6 Å². The van der Waals surface area contributed by atoms with Gasteiger partial charge < -0.3 is 30.5 Å². The molecule has 3 rings (SSSR count). The van der Waals surface area contributed by atoms with Gasteiger partial charge in [0.1, 0.15) is 17.2 Å². The minimum Gasteiger partial charge on any atom is -0.458 e. The number of nitrogens with one attached hydrogen (secondary N) is 3. The molecule has 1 spiro atoms. The van der Waals surface area contributed by atoms with E-state index in [-0.39, 0.29) is 10.5 Å². The van der Waals surface area contributed by atoms with Crippen molar-refractivity contribution in [2.75, 3.05) is 24.6 Å². The molecule has 2 aliphatic rings. The van der Waals surface area contributed by atoms with Crippen LogP contribution in [0.15, 0.2) is 30.3 Å². The van der Waals surface area contributed by atoms with Gasteiger partial charge in [0.15, 0.2) is 12.1 Å². The van der Waals surface area contributed by atoms with E-state index in [9.17, 15) is 29.1 Å². The third kappa shape index (κ3) is 11.6. The normalized spacial score (nSPS) is 19.7. The number of hydrogen-bond acceptors (Lipinski definition) is 10. The molecule has 2 fully saturated rings. The average Bonchev–Trinajstić information content (AvgIpc) is 3.36. The fourth-order valence-corrected chi connectivity index (χ4v) is 8.61. The minimum atomic E-state index is -1.67. The first kappa shape index (κ1) is 38.5. The van der Waals surface area contributed by atoms with Crippen molar-refractivity contribution in [2.45, 2.75) is 114 Å². The SMILES string of the molecule is CCCC(NC(=O)[C@@H]1CC2(CN1C(=O)OC(C)(C)C)SCCCS2)C(O)C(=O)NCC(=O)N[C@H](C(=O)OC(C)(C)C)c1ccccc1. The number of benzene rings is 1. The molecule has 0 aromatic heterocycles. The van der Waals surface area contributed by atoms with Crippen molar-refractivity contribution in [2.24, 2.45) is 0 Å². The molecule has 2 aliphatic heterocycles. The molecule has 0 bridgehead atoms. The number of rotatable bonds is 11. The van der Waals surface area contributed by atoms with Gasteiger partial charge in [-0.1, -0.05) is 43.7 Å². The molecule has 4 atom stereocenters. The maximum Gasteiger partial charge on any atom is 0.411 e. The Hall–Kier alpha value is -2.97. The van der Waals surface area contributed by atoms with Crippen LogP contribution in [0.1, 0.15) is 85.8 Å². The van der Waals surface area contributed by atoms with Crippen LogP contribution >= 0.6 is 23.5 Å². The van der Waals surface area contributed by atoms with E-state index < -0.39 is 71.8 Å². The van der Waals surface area contributed by atoms with Crippen molar-refractivity contribution in [3.05, 3.63) is 35.9 Å². The number of esters is 1. The van der Waals surface area contributed by atoms with E-state index in [1.54, 1.807) is 95.4 Å². The van der Waals surface area contributed by atoms with Crippen LogP contribution in [-0.2, 0) is 28.7 Å². The maximum absolute atomic E-state index is 13.7. The molecular weight excluding hydrogens is 645 g/mol. The van der Waals surface area contributed by atoms with E-state index in [0.717, 1.165) is 17.9 Å². The topological polar surface area (TPSA) is 163 Å². The highest BCUT2D eigenvalue weighted by atomic mass is 32.2. The fourth-order valence-electron chi connectivity index (χ4n) is 5.26. The van der Waals surface area contributed by atoms with E-state index in [1.165, 1.54) is 4.90 Å². The van der Waals surface area contributed by atoms with E-state index in [4.69, 9.17) is 9.47 Å². The van der Waals surface area contributed by atoms with E-state index in [2.05, 4.69) is 16.0 Å². The second-order valence-electron chi connectivity index (χ2n) is 13.8. The standard InChI is InChI=1S/C33H50N4O8S2/c1-8-13-22(35-27(40)23-18-33(46-16-12-17-47-33)20-37(23)30(43)45-32(5,6)7)26(39)28(41)34-19-24(38)36-25(21-14-10-9-11-15-21)29(42)44-31(2,3)4/h9-11,14-15,22-23,25-26,39H,8,12-13,16-20H2,1-7H3,(H,34,41)(H,35,40)(H,36,38)/t22?,23-,25-,26?/m0/s1. The van der Waals surface area contributed by atoms with Gasteiger partial charge >= 0.3 is 12.1 Å². The lowest BCUT2D eigenvalue weighted by molar-refractivity contribution is -0.158. The zero-order chi connectivity index (χ0) is 35.0. The molecule has 4 N–H and O–H groups in total. The Morgan fingerprint density at radius 2 is 1.60 bits per heavy atom. The number of aliphatic hydroxyl groups is 1. The molecule has 262 valence electrons. The molecule has 0 aliphatic carbocycles. The van der Waals surface area contributed by atoms with Crippen molar-refractivity contribution in [1.29, 1.82) is 0 Å². The molecule has 2 heterocycles. The van der Waals surface area contributed by atoms with Gasteiger partial charge in [-0.25, -0.2) is 9.59 Å². The van der Waals surface area contributed by atoms with Crippen molar-refractivity contribution in [3.8, 4) is 0 Å². The van der Waals surface area contributed by atoms with Crippen LogP contribution in [-0.4, -0.2) is 97.9 Å². The summed E-state index contributed by atoms with van der Waals surface area (Å²) in [5.41, 5.74) is -1.03. The molecule has 4 amide bonds. The van der Waals surface area contributed by atoms with Crippen molar-refractivity contribution in [3.63, 3.8) is 0 Å². The number of ether oxygens (including phenoxy) is 2. The third-order valence-electron chi connectivity index (χ3n) is 7.32. The number of nitrogens with zero attached hydrogens (tertiary/aromatic N) is 1. The molecular formula is C33H50N4O8S2. The highest BCUT2D eigenvalue weighted by molar-refractivity contribution is 8.18. The first-order valence-electron chi connectivity index (χ1n) is 16.0.